The van der Waals surface area contributed by atoms with Crippen LogP contribution in [-0.4, -0.2) is 19.5 Å². The third kappa shape index (κ3) is 3.92. The van der Waals surface area contributed by atoms with E-state index < -0.39 is 0 Å². The van der Waals surface area contributed by atoms with Gasteiger partial charge < -0.3 is 0 Å². The summed E-state index contributed by atoms with van der Waals surface area (Å²) in [6.45, 7) is 0. The highest BCUT2D eigenvalue weighted by molar-refractivity contribution is 6.30. The van der Waals surface area contributed by atoms with Crippen molar-refractivity contribution in [3.8, 4) is 62.1 Å². The van der Waals surface area contributed by atoms with Crippen LogP contribution >= 0.6 is 0 Å². The van der Waals surface area contributed by atoms with E-state index in [2.05, 4.69) is 126 Å². The molecule has 2 aromatic heterocycles. The SMILES string of the molecule is c1ccc(-c2cc3c4c5c6c(cccc6ccc5n(-c5nc(-c6ccccc6)nc(-c6ccccc6)n5)c4c2)-c2ccccc2-3)cc1. The fraction of sp³-hybridized carbons (Fsp3) is 0. The van der Waals surface area contributed by atoms with Crippen LogP contribution in [0.2, 0.25) is 0 Å². The molecule has 0 atom stereocenters. The first-order valence-corrected chi connectivity index (χ1v) is 15.9. The molecule has 0 amide bonds. The van der Waals surface area contributed by atoms with Gasteiger partial charge in [-0.2, -0.15) is 9.97 Å². The highest BCUT2D eigenvalue weighted by Gasteiger charge is 2.27. The molecule has 0 fully saturated rings. The van der Waals surface area contributed by atoms with Crippen LogP contribution in [0.1, 0.15) is 0 Å². The maximum absolute atomic E-state index is 5.21. The van der Waals surface area contributed by atoms with Crippen LogP contribution in [0.5, 0.6) is 0 Å². The highest BCUT2D eigenvalue weighted by Crippen LogP contribution is 2.50. The molecular formula is C43H26N4. The molecule has 1 aliphatic carbocycles. The topological polar surface area (TPSA) is 43.6 Å². The van der Waals surface area contributed by atoms with Crippen LogP contribution in [0.4, 0.5) is 0 Å². The van der Waals surface area contributed by atoms with Crippen molar-refractivity contribution in [3.63, 3.8) is 0 Å². The summed E-state index contributed by atoms with van der Waals surface area (Å²) >= 11 is 0. The van der Waals surface area contributed by atoms with Gasteiger partial charge in [0.2, 0.25) is 5.95 Å². The van der Waals surface area contributed by atoms with Crippen molar-refractivity contribution in [2.75, 3.05) is 0 Å². The first-order valence-electron chi connectivity index (χ1n) is 15.9. The summed E-state index contributed by atoms with van der Waals surface area (Å²) in [4.78, 5) is 15.4. The van der Waals surface area contributed by atoms with E-state index in [4.69, 9.17) is 15.0 Å². The molecule has 47 heavy (non-hydrogen) atoms. The molecule has 0 saturated heterocycles. The Bertz CT molecular complexity index is 2600. The van der Waals surface area contributed by atoms with Crippen molar-refractivity contribution >= 4 is 32.6 Å². The van der Waals surface area contributed by atoms with E-state index in [1.54, 1.807) is 0 Å². The van der Waals surface area contributed by atoms with Gasteiger partial charge in [-0.15, -0.1) is 0 Å². The summed E-state index contributed by atoms with van der Waals surface area (Å²) < 4.78 is 2.26. The van der Waals surface area contributed by atoms with Gasteiger partial charge in [-0.25, -0.2) is 4.98 Å². The smallest absolute Gasteiger partial charge is 0.238 e. The second kappa shape index (κ2) is 10.1. The Morgan fingerprint density at radius 2 is 0.915 bits per heavy atom. The standard InChI is InChI=1S/C43H26N4/c1-4-13-27(14-5-1)31-25-35-33-21-11-10-20-32(33)34-22-12-19-28-23-24-36-40(38(28)34)39(35)37(26-31)47(36)43-45-41(29-15-6-2-7-16-29)44-42(46-43)30-17-8-3-9-18-30/h1-26H. The molecule has 2 heterocycles. The van der Waals surface area contributed by atoms with Gasteiger partial charge in [0, 0.05) is 21.9 Å². The Hall–Kier alpha value is -6.39. The largest absolute Gasteiger partial charge is 0.278 e. The van der Waals surface area contributed by atoms with Crippen LogP contribution in [0.15, 0.2) is 158 Å². The third-order valence-corrected chi connectivity index (χ3v) is 9.38. The van der Waals surface area contributed by atoms with Crippen LogP contribution in [0, 0.1) is 0 Å². The van der Waals surface area contributed by atoms with Crippen molar-refractivity contribution in [3.05, 3.63) is 158 Å². The Morgan fingerprint density at radius 3 is 1.57 bits per heavy atom. The number of aromatic nitrogens is 4. The van der Waals surface area contributed by atoms with Gasteiger partial charge in [0.05, 0.1) is 11.0 Å². The quantitative estimate of drug-likeness (QED) is 0.202. The molecule has 10 rings (SSSR count). The zero-order valence-electron chi connectivity index (χ0n) is 25.3. The molecule has 0 radical (unpaired) electrons. The van der Waals surface area contributed by atoms with E-state index in [1.165, 1.54) is 43.8 Å². The van der Waals surface area contributed by atoms with Gasteiger partial charge in [-0.05, 0) is 62.4 Å². The van der Waals surface area contributed by atoms with Gasteiger partial charge in [0.25, 0.3) is 0 Å². The number of hydrogen-bond donors (Lipinski definition) is 0. The fourth-order valence-corrected chi connectivity index (χ4v) is 7.30. The molecule has 0 saturated carbocycles. The first kappa shape index (κ1) is 25.9. The molecule has 4 nitrogen and oxygen atoms in total. The lowest BCUT2D eigenvalue weighted by molar-refractivity contribution is 0.954. The molecule has 0 spiro atoms. The number of nitrogens with zero attached hydrogens (tertiary/aromatic N) is 4. The minimum absolute atomic E-state index is 0.597. The minimum Gasteiger partial charge on any atom is -0.278 e. The first-order chi connectivity index (χ1) is 23.3. The molecule has 0 bridgehead atoms. The Balaban J connectivity index is 1.40. The van der Waals surface area contributed by atoms with E-state index in [0.29, 0.717) is 17.6 Å². The lowest BCUT2D eigenvalue weighted by atomic mass is 9.92. The summed E-state index contributed by atoms with van der Waals surface area (Å²) in [5, 5.41) is 4.91. The van der Waals surface area contributed by atoms with Gasteiger partial charge in [0.1, 0.15) is 0 Å². The van der Waals surface area contributed by atoms with E-state index in [-0.39, 0.29) is 0 Å². The van der Waals surface area contributed by atoms with Crippen molar-refractivity contribution < 1.29 is 0 Å². The van der Waals surface area contributed by atoms with E-state index in [0.717, 1.165) is 33.3 Å². The predicted octanol–water partition coefficient (Wildman–Crippen LogP) is 10.8. The number of fused-ring (bicyclic) bond motifs is 3. The monoisotopic (exact) mass is 598 g/mol. The zero-order chi connectivity index (χ0) is 30.9. The van der Waals surface area contributed by atoms with E-state index >= 15 is 0 Å². The van der Waals surface area contributed by atoms with Crippen molar-refractivity contribution in [1.82, 2.24) is 19.5 Å². The molecule has 9 aromatic rings. The maximum Gasteiger partial charge on any atom is 0.238 e. The van der Waals surface area contributed by atoms with E-state index in [1.807, 2.05) is 36.4 Å². The molecule has 7 aromatic carbocycles. The zero-order valence-corrected chi connectivity index (χ0v) is 25.3. The third-order valence-electron chi connectivity index (χ3n) is 9.38. The van der Waals surface area contributed by atoms with Gasteiger partial charge in [-0.3, -0.25) is 4.57 Å². The molecular weight excluding hydrogens is 573 g/mol. The Labute approximate surface area is 271 Å². The fourth-order valence-electron chi connectivity index (χ4n) is 7.30. The summed E-state index contributed by atoms with van der Waals surface area (Å²) in [5.41, 5.74) is 11.3. The predicted molar refractivity (Wildman–Crippen MR) is 192 cm³/mol. The average Bonchev–Trinajstić information content (AvgIpc) is 3.43. The second-order valence-electron chi connectivity index (χ2n) is 12.0. The van der Waals surface area contributed by atoms with Crippen LogP contribution in [0.3, 0.4) is 0 Å². The molecule has 0 unspecified atom stereocenters. The van der Waals surface area contributed by atoms with Crippen LogP contribution in [-0.2, 0) is 0 Å². The normalized spacial score (nSPS) is 11.8. The summed E-state index contributed by atoms with van der Waals surface area (Å²) in [6.07, 6.45) is 0. The van der Waals surface area contributed by atoms with Crippen molar-refractivity contribution in [2.45, 2.75) is 0 Å². The highest BCUT2D eigenvalue weighted by atomic mass is 15.2. The van der Waals surface area contributed by atoms with E-state index in [9.17, 15) is 0 Å². The Morgan fingerprint density at radius 1 is 0.340 bits per heavy atom. The van der Waals surface area contributed by atoms with Gasteiger partial charge in [-0.1, -0.05) is 140 Å². The van der Waals surface area contributed by atoms with Gasteiger partial charge in [0.15, 0.2) is 11.6 Å². The number of rotatable bonds is 4. The average molecular weight is 599 g/mol. The Kier molecular flexibility index (Phi) is 5.54. The van der Waals surface area contributed by atoms with Gasteiger partial charge >= 0.3 is 0 Å². The minimum atomic E-state index is 0.597. The number of hydrogen-bond acceptors (Lipinski definition) is 3. The number of benzene rings is 7. The maximum atomic E-state index is 5.21. The molecule has 4 heteroatoms. The molecule has 0 N–H and O–H groups in total. The summed E-state index contributed by atoms with van der Waals surface area (Å²) in [6, 6.07) is 55.6. The second-order valence-corrected chi connectivity index (χ2v) is 12.0. The lowest BCUT2D eigenvalue weighted by Gasteiger charge is -2.15. The van der Waals surface area contributed by atoms with Crippen LogP contribution in [0.25, 0.3) is 94.7 Å². The van der Waals surface area contributed by atoms with Crippen molar-refractivity contribution in [2.24, 2.45) is 0 Å². The summed E-state index contributed by atoms with van der Waals surface area (Å²) in [5.74, 6) is 1.88. The summed E-state index contributed by atoms with van der Waals surface area (Å²) in [7, 11) is 0. The van der Waals surface area contributed by atoms with Crippen LogP contribution < -0.4 is 0 Å². The molecule has 0 aliphatic heterocycles. The molecule has 218 valence electrons. The molecule has 1 aliphatic rings. The van der Waals surface area contributed by atoms with Crippen molar-refractivity contribution in [1.29, 1.82) is 0 Å². The lowest BCUT2D eigenvalue weighted by Crippen LogP contribution is -2.06.